The average Bonchev–Trinajstić information content (AvgIpc) is 3.11. The van der Waals surface area contributed by atoms with Gasteiger partial charge in [-0.2, -0.15) is 5.10 Å². The maximum Gasteiger partial charge on any atom is 0.234 e. The molecular weight excluding hydrogens is 316 g/mol. The lowest BCUT2D eigenvalue weighted by Gasteiger charge is -2.35. The van der Waals surface area contributed by atoms with Crippen LogP contribution in [0.3, 0.4) is 0 Å². The minimum absolute atomic E-state index is 0.128. The van der Waals surface area contributed by atoms with Crippen molar-refractivity contribution in [1.82, 2.24) is 25.4 Å². The molecular formula is C18H24N6O. The van der Waals surface area contributed by atoms with E-state index in [1.54, 1.807) is 0 Å². The molecule has 7 heteroatoms. The number of carbonyl (C=O) groups excluding carboxylic acids is 1. The molecule has 0 aromatic carbocycles. The van der Waals surface area contributed by atoms with Crippen LogP contribution in [0.4, 0.5) is 5.82 Å². The number of aryl methyl sites for hydroxylation is 1. The summed E-state index contributed by atoms with van der Waals surface area (Å²) in [5.74, 6) is 1.15. The normalized spacial score (nSPS) is 21.0. The predicted molar refractivity (Wildman–Crippen MR) is 95.4 cm³/mol. The number of pyridine rings is 1. The summed E-state index contributed by atoms with van der Waals surface area (Å²) in [6.07, 6.45) is 6.53. The first-order chi connectivity index (χ1) is 12.3. The van der Waals surface area contributed by atoms with Crippen molar-refractivity contribution in [3.05, 3.63) is 41.9 Å². The quantitative estimate of drug-likeness (QED) is 0.852. The van der Waals surface area contributed by atoms with E-state index in [2.05, 4.69) is 30.3 Å². The molecule has 2 aromatic heterocycles. The molecule has 0 bridgehead atoms. The summed E-state index contributed by atoms with van der Waals surface area (Å²) < 4.78 is 0. The average molecular weight is 340 g/mol. The lowest BCUT2D eigenvalue weighted by Crippen LogP contribution is -2.51. The fraction of sp³-hybridized carbons (Fsp3) is 0.500. The molecule has 1 saturated heterocycles. The Hall–Kier alpha value is -2.41. The SMILES string of the molecule is O=C(CN1CCN(c2ccccn2)CC1)NC1CCc2[nH]ncc2C1. The number of aromatic amines is 1. The topological polar surface area (TPSA) is 77.2 Å². The third kappa shape index (κ3) is 3.82. The number of hydrogen-bond donors (Lipinski definition) is 2. The van der Waals surface area contributed by atoms with Crippen LogP contribution in [-0.2, 0) is 17.6 Å². The zero-order valence-corrected chi connectivity index (χ0v) is 14.3. The van der Waals surface area contributed by atoms with E-state index < -0.39 is 0 Å². The number of carbonyl (C=O) groups is 1. The van der Waals surface area contributed by atoms with Gasteiger partial charge in [-0.3, -0.25) is 14.8 Å². The Bertz CT molecular complexity index is 707. The predicted octanol–water partition coefficient (Wildman–Crippen LogP) is 0.600. The zero-order chi connectivity index (χ0) is 17.1. The van der Waals surface area contributed by atoms with Gasteiger partial charge in [-0.15, -0.1) is 0 Å². The van der Waals surface area contributed by atoms with Crippen molar-refractivity contribution in [2.45, 2.75) is 25.3 Å². The van der Waals surface area contributed by atoms with Crippen molar-refractivity contribution in [3.8, 4) is 0 Å². The molecule has 1 fully saturated rings. The number of H-pyrrole nitrogens is 1. The molecule has 1 unspecified atom stereocenters. The van der Waals surface area contributed by atoms with Crippen LogP contribution >= 0.6 is 0 Å². The standard InChI is InChI=1S/C18H24N6O/c25-18(21-15-4-5-16-14(11-15)12-20-22-16)13-23-7-9-24(10-8-23)17-3-1-2-6-19-17/h1-3,6,12,15H,4-5,7-11,13H2,(H,20,22)(H,21,25). The molecule has 25 heavy (non-hydrogen) atoms. The Kier molecular flexibility index (Phi) is 4.65. The monoisotopic (exact) mass is 340 g/mol. The summed E-state index contributed by atoms with van der Waals surface area (Å²) >= 11 is 0. The molecule has 132 valence electrons. The van der Waals surface area contributed by atoms with Gasteiger partial charge in [0.1, 0.15) is 5.82 Å². The van der Waals surface area contributed by atoms with Gasteiger partial charge in [-0.25, -0.2) is 4.98 Å². The van der Waals surface area contributed by atoms with Crippen LogP contribution in [0.1, 0.15) is 17.7 Å². The number of hydrogen-bond acceptors (Lipinski definition) is 5. The maximum atomic E-state index is 12.4. The van der Waals surface area contributed by atoms with Crippen LogP contribution in [-0.4, -0.2) is 64.8 Å². The van der Waals surface area contributed by atoms with Gasteiger partial charge in [0, 0.05) is 44.1 Å². The minimum Gasteiger partial charge on any atom is -0.354 e. The Morgan fingerprint density at radius 3 is 2.96 bits per heavy atom. The van der Waals surface area contributed by atoms with Gasteiger partial charge in [-0.1, -0.05) is 6.07 Å². The van der Waals surface area contributed by atoms with Gasteiger partial charge in [0.25, 0.3) is 0 Å². The number of aromatic nitrogens is 3. The molecule has 2 aliphatic rings. The Morgan fingerprint density at radius 1 is 1.28 bits per heavy atom. The summed E-state index contributed by atoms with van der Waals surface area (Å²) in [5, 5.41) is 10.3. The summed E-state index contributed by atoms with van der Waals surface area (Å²) in [4.78, 5) is 21.3. The lowest BCUT2D eigenvalue weighted by atomic mass is 9.93. The van der Waals surface area contributed by atoms with Gasteiger partial charge in [0.15, 0.2) is 0 Å². The molecule has 1 amide bonds. The minimum atomic E-state index is 0.128. The highest BCUT2D eigenvalue weighted by molar-refractivity contribution is 5.78. The van der Waals surface area contributed by atoms with Gasteiger partial charge >= 0.3 is 0 Å². The van der Waals surface area contributed by atoms with Crippen molar-refractivity contribution in [2.75, 3.05) is 37.6 Å². The van der Waals surface area contributed by atoms with Crippen LogP contribution in [0.15, 0.2) is 30.6 Å². The molecule has 3 heterocycles. The van der Waals surface area contributed by atoms with E-state index in [9.17, 15) is 4.79 Å². The number of fused-ring (bicyclic) bond motifs is 1. The maximum absolute atomic E-state index is 12.4. The van der Waals surface area contributed by atoms with E-state index in [1.807, 2.05) is 30.6 Å². The fourth-order valence-electron chi connectivity index (χ4n) is 3.69. The van der Waals surface area contributed by atoms with Crippen molar-refractivity contribution in [2.24, 2.45) is 0 Å². The summed E-state index contributed by atoms with van der Waals surface area (Å²) in [6.45, 7) is 4.07. The van der Waals surface area contributed by atoms with Crippen LogP contribution in [0.5, 0.6) is 0 Å². The smallest absolute Gasteiger partial charge is 0.234 e. The van der Waals surface area contributed by atoms with Crippen molar-refractivity contribution in [1.29, 1.82) is 0 Å². The first-order valence-corrected chi connectivity index (χ1v) is 8.97. The number of rotatable bonds is 4. The molecule has 0 radical (unpaired) electrons. The number of piperazine rings is 1. The second-order valence-corrected chi connectivity index (χ2v) is 6.83. The fourth-order valence-corrected chi connectivity index (χ4v) is 3.69. The molecule has 1 aliphatic heterocycles. The van der Waals surface area contributed by atoms with E-state index in [0.29, 0.717) is 6.54 Å². The van der Waals surface area contributed by atoms with Crippen molar-refractivity contribution < 1.29 is 4.79 Å². The van der Waals surface area contributed by atoms with Crippen molar-refractivity contribution >= 4 is 11.7 Å². The second kappa shape index (κ2) is 7.23. The summed E-state index contributed by atoms with van der Waals surface area (Å²) in [6, 6.07) is 6.21. The Morgan fingerprint density at radius 2 is 2.16 bits per heavy atom. The van der Waals surface area contributed by atoms with E-state index in [-0.39, 0.29) is 11.9 Å². The highest BCUT2D eigenvalue weighted by Gasteiger charge is 2.24. The highest BCUT2D eigenvalue weighted by Crippen LogP contribution is 2.19. The molecule has 2 aromatic rings. The number of anilines is 1. The second-order valence-electron chi connectivity index (χ2n) is 6.83. The van der Waals surface area contributed by atoms with Gasteiger partial charge < -0.3 is 10.2 Å². The molecule has 2 N–H and O–H groups in total. The Balaban J connectivity index is 1.23. The van der Waals surface area contributed by atoms with Crippen molar-refractivity contribution in [3.63, 3.8) is 0 Å². The van der Waals surface area contributed by atoms with E-state index in [4.69, 9.17) is 0 Å². The van der Waals surface area contributed by atoms with E-state index in [1.165, 1.54) is 11.3 Å². The number of nitrogens with zero attached hydrogens (tertiary/aromatic N) is 4. The van der Waals surface area contributed by atoms with Gasteiger partial charge in [-0.05, 0) is 37.0 Å². The molecule has 7 nitrogen and oxygen atoms in total. The zero-order valence-electron chi connectivity index (χ0n) is 14.3. The molecule has 0 saturated carbocycles. The molecule has 1 aliphatic carbocycles. The van der Waals surface area contributed by atoms with Crippen LogP contribution in [0.25, 0.3) is 0 Å². The van der Waals surface area contributed by atoms with Gasteiger partial charge in [0.2, 0.25) is 5.91 Å². The Labute approximate surface area is 147 Å². The first kappa shape index (κ1) is 16.1. The van der Waals surface area contributed by atoms with Crippen LogP contribution in [0, 0.1) is 0 Å². The molecule has 1 atom stereocenters. The van der Waals surface area contributed by atoms with E-state index in [0.717, 1.165) is 51.3 Å². The summed E-state index contributed by atoms with van der Waals surface area (Å²) in [5.41, 5.74) is 2.46. The lowest BCUT2D eigenvalue weighted by molar-refractivity contribution is -0.123. The highest BCUT2D eigenvalue weighted by atomic mass is 16.2. The van der Waals surface area contributed by atoms with E-state index >= 15 is 0 Å². The molecule has 0 spiro atoms. The van der Waals surface area contributed by atoms with Gasteiger partial charge in [0.05, 0.1) is 12.7 Å². The van der Waals surface area contributed by atoms with Crippen LogP contribution in [0.2, 0.25) is 0 Å². The largest absolute Gasteiger partial charge is 0.354 e. The number of amides is 1. The molecule has 4 rings (SSSR count). The first-order valence-electron chi connectivity index (χ1n) is 8.97. The van der Waals surface area contributed by atoms with Crippen LogP contribution < -0.4 is 10.2 Å². The number of nitrogens with one attached hydrogen (secondary N) is 2. The third-order valence-corrected chi connectivity index (χ3v) is 5.09. The summed E-state index contributed by atoms with van der Waals surface area (Å²) in [7, 11) is 0. The third-order valence-electron chi connectivity index (χ3n) is 5.09.